The molecular weight excluding hydrogens is 446 g/mol. The van der Waals surface area contributed by atoms with Gasteiger partial charge in [-0.05, 0) is 60.2 Å². The second-order valence-electron chi connectivity index (χ2n) is 7.29. The molecule has 1 aromatic heterocycles. The van der Waals surface area contributed by atoms with Gasteiger partial charge in [-0.2, -0.15) is 5.10 Å². The fourth-order valence-corrected chi connectivity index (χ4v) is 3.76. The lowest BCUT2D eigenvalue weighted by atomic mass is 10.0. The van der Waals surface area contributed by atoms with Crippen molar-refractivity contribution in [3.63, 3.8) is 0 Å². The van der Waals surface area contributed by atoms with E-state index in [1.54, 1.807) is 37.6 Å². The molecule has 0 fully saturated rings. The number of halogens is 1. The summed E-state index contributed by atoms with van der Waals surface area (Å²) in [5, 5.41) is 9.33. The lowest BCUT2D eigenvalue weighted by molar-refractivity contribution is -0.131. The summed E-state index contributed by atoms with van der Waals surface area (Å²) in [4.78, 5) is 25.0. The first-order valence-electron chi connectivity index (χ1n) is 10.2. The van der Waals surface area contributed by atoms with E-state index in [0.717, 1.165) is 17.0 Å². The van der Waals surface area contributed by atoms with Crippen molar-refractivity contribution in [2.45, 2.75) is 12.5 Å². The standard InChI is InChI=1S/C24H22ClN3O5/c1-31-17-8-5-15(6-9-17)20-13-21(22-4-3-11-33-22)28(27-20)23(29)14-26-16-7-10-19(25)18(12-16)24(30)32-2/h3-12,21,26H,13-14H2,1-2H3/t21-/m0/s1. The smallest absolute Gasteiger partial charge is 0.339 e. The molecule has 1 N–H and O–H groups in total. The number of ether oxygens (including phenoxy) is 2. The maximum Gasteiger partial charge on any atom is 0.339 e. The summed E-state index contributed by atoms with van der Waals surface area (Å²) in [6, 6.07) is 15.6. The molecule has 4 rings (SSSR count). The molecule has 170 valence electrons. The first-order chi connectivity index (χ1) is 16.0. The number of benzene rings is 2. The third-order valence-corrected chi connectivity index (χ3v) is 5.61. The van der Waals surface area contributed by atoms with E-state index in [9.17, 15) is 9.59 Å². The second kappa shape index (κ2) is 9.79. The van der Waals surface area contributed by atoms with Gasteiger partial charge in [0.25, 0.3) is 5.91 Å². The van der Waals surface area contributed by atoms with E-state index in [0.29, 0.717) is 17.9 Å². The Morgan fingerprint density at radius 2 is 1.97 bits per heavy atom. The minimum absolute atomic E-state index is 0.0428. The summed E-state index contributed by atoms with van der Waals surface area (Å²) in [6.45, 7) is -0.0428. The van der Waals surface area contributed by atoms with Crippen molar-refractivity contribution in [3.8, 4) is 5.75 Å². The van der Waals surface area contributed by atoms with Gasteiger partial charge in [-0.15, -0.1) is 0 Å². The van der Waals surface area contributed by atoms with Gasteiger partial charge in [0.15, 0.2) is 0 Å². The van der Waals surface area contributed by atoms with E-state index in [-0.39, 0.29) is 29.1 Å². The normalized spacial score (nSPS) is 15.2. The monoisotopic (exact) mass is 467 g/mol. The van der Waals surface area contributed by atoms with E-state index >= 15 is 0 Å². The topological polar surface area (TPSA) is 93.4 Å². The number of furan rings is 1. The number of anilines is 1. The predicted molar refractivity (Wildman–Crippen MR) is 124 cm³/mol. The van der Waals surface area contributed by atoms with Gasteiger partial charge in [0.05, 0.1) is 43.3 Å². The highest BCUT2D eigenvalue weighted by atomic mass is 35.5. The highest BCUT2D eigenvalue weighted by molar-refractivity contribution is 6.33. The molecule has 0 aliphatic carbocycles. The SMILES string of the molecule is COC(=O)c1cc(NCC(=O)N2N=C(c3ccc(OC)cc3)C[C@H]2c2ccco2)ccc1Cl. The molecule has 33 heavy (non-hydrogen) atoms. The summed E-state index contributed by atoms with van der Waals surface area (Å²) in [6.07, 6.45) is 2.09. The zero-order chi connectivity index (χ0) is 23.4. The molecule has 9 heteroatoms. The molecule has 0 spiro atoms. The Morgan fingerprint density at radius 3 is 2.64 bits per heavy atom. The molecule has 0 saturated heterocycles. The Balaban J connectivity index is 1.53. The van der Waals surface area contributed by atoms with Gasteiger partial charge in [0.2, 0.25) is 0 Å². The van der Waals surface area contributed by atoms with E-state index in [1.165, 1.54) is 12.1 Å². The Hall–Kier alpha value is -3.78. The molecule has 1 amide bonds. The van der Waals surface area contributed by atoms with Crippen LogP contribution in [-0.2, 0) is 9.53 Å². The first-order valence-corrected chi connectivity index (χ1v) is 10.6. The van der Waals surface area contributed by atoms with Crippen molar-refractivity contribution >= 4 is 34.9 Å². The van der Waals surface area contributed by atoms with Gasteiger partial charge in [-0.25, -0.2) is 9.80 Å². The van der Waals surface area contributed by atoms with Crippen LogP contribution in [0.1, 0.15) is 34.1 Å². The van der Waals surface area contributed by atoms with Crippen molar-refractivity contribution in [3.05, 3.63) is 82.8 Å². The third kappa shape index (κ3) is 4.85. The van der Waals surface area contributed by atoms with Crippen LogP contribution < -0.4 is 10.1 Å². The Labute approximate surface area is 195 Å². The average molecular weight is 468 g/mol. The number of rotatable bonds is 7. The maximum absolute atomic E-state index is 13.1. The van der Waals surface area contributed by atoms with Crippen LogP contribution in [0.4, 0.5) is 5.69 Å². The van der Waals surface area contributed by atoms with Gasteiger partial charge >= 0.3 is 5.97 Å². The highest BCUT2D eigenvalue weighted by Crippen LogP contribution is 2.33. The fraction of sp³-hybridized carbons (Fsp3) is 0.208. The summed E-state index contributed by atoms with van der Waals surface area (Å²) in [5.74, 6) is 0.581. The van der Waals surface area contributed by atoms with Crippen LogP contribution >= 0.6 is 11.6 Å². The number of hydrogen-bond donors (Lipinski definition) is 1. The fourth-order valence-electron chi connectivity index (χ4n) is 3.56. The number of hydrogen-bond acceptors (Lipinski definition) is 7. The molecule has 2 aromatic carbocycles. The van der Waals surface area contributed by atoms with Crippen LogP contribution in [-0.4, -0.2) is 43.4 Å². The Bertz CT molecular complexity index is 1180. The van der Waals surface area contributed by atoms with Gasteiger partial charge in [-0.1, -0.05) is 11.6 Å². The predicted octanol–water partition coefficient (Wildman–Crippen LogP) is 4.52. The summed E-state index contributed by atoms with van der Waals surface area (Å²) in [5.41, 5.74) is 2.44. The van der Waals surface area contributed by atoms with Crippen molar-refractivity contribution in [1.29, 1.82) is 0 Å². The quantitative estimate of drug-likeness (QED) is 0.513. The van der Waals surface area contributed by atoms with Crippen LogP contribution in [0.5, 0.6) is 5.75 Å². The van der Waals surface area contributed by atoms with Crippen molar-refractivity contribution in [2.75, 3.05) is 26.1 Å². The highest BCUT2D eigenvalue weighted by Gasteiger charge is 2.34. The second-order valence-corrected chi connectivity index (χ2v) is 7.70. The average Bonchev–Trinajstić information content (AvgIpc) is 3.53. The van der Waals surface area contributed by atoms with E-state index in [4.69, 9.17) is 25.5 Å². The van der Waals surface area contributed by atoms with Gasteiger partial charge in [0.1, 0.15) is 17.6 Å². The first kappa shape index (κ1) is 22.4. The number of carbonyl (C=O) groups excluding carboxylic acids is 2. The van der Waals surface area contributed by atoms with Crippen molar-refractivity contribution in [1.82, 2.24) is 5.01 Å². The summed E-state index contributed by atoms with van der Waals surface area (Å²) in [7, 11) is 2.89. The molecule has 1 aliphatic heterocycles. The van der Waals surface area contributed by atoms with Crippen LogP contribution in [0.2, 0.25) is 5.02 Å². The molecule has 3 aromatic rings. The number of hydrazone groups is 1. The molecule has 0 saturated carbocycles. The molecule has 0 bridgehead atoms. The minimum Gasteiger partial charge on any atom is -0.497 e. The van der Waals surface area contributed by atoms with Crippen LogP contribution in [0.15, 0.2) is 70.4 Å². The van der Waals surface area contributed by atoms with E-state index in [2.05, 4.69) is 10.4 Å². The maximum atomic E-state index is 13.1. The lowest BCUT2D eigenvalue weighted by Crippen LogP contribution is -2.32. The van der Waals surface area contributed by atoms with Crippen LogP contribution in [0, 0.1) is 0 Å². The Kier molecular flexibility index (Phi) is 6.65. The third-order valence-electron chi connectivity index (χ3n) is 5.28. The van der Waals surface area contributed by atoms with Crippen LogP contribution in [0.3, 0.4) is 0 Å². The number of esters is 1. The zero-order valence-electron chi connectivity index (χ0n) is 18.1. The van der Waals surface area contributed by atoms with Gasteiger partial charge in [0, 0.05) is 12.1 Å². The lowest BCUT2D eigenvalue weighted by Gasteiger charge is -2.20. The number of methoxy groups -OCH3 is 2. The molecule has 0 radical (unpaired) electrons. The molecule has 0 unspecified atom stereocenters. The number of amides is 1. The van der Waals surface area contributed by atoms with E-state index < -0.39 is 5.97 Å². The Morgan fingerprint density at radius 1 is 1.18 bits per heavy atom. The summed E-state index contributed by atoms with van der Waals surface area (Å²) < 4.78 is 15.5. The van der Waals surface area contributed by atoms with Crippen molar-refractivity contribution in [2.24, 2.45) is 5.10 Å². The van der Waals surface area contributed by atoms with E-state index in [1.807, 2.05) is 30.3 Å². The van der Waals surface area contributed by atoms with Gasteiger partial charge < -0.3 is 19.2 Å². The van der Waals surface area contributed by atoms with Crippen LogP contribution in [0.25, 0.3) is 0 Å². The number of nitrogens with zero attached hydrogens (tertiary/aromatic N) is 2. The molecule has 1 atom stereocenters. The molecular formula is C24H22ClN3O5. The molecule has 8 nitrogen and oxygen atoms in total. The van der Waals surface area contributed by atoms with Gasteiger partial charge in [-0.3, -0.25) is 4.79 Å². The largest absolute Gasteiger partial charge is 0.497 e. The molecule has 1 aliphatic rings. The van der Waals surface area contributed by atoms with Crippen molar-refractivity contribution < 1.29 is 23.5 Å². The molecule has 2 heterocycles. The zero-order valence-corrected chi connectivity index (χ0v) is 18.8. The number of nitrogens with one attached hydrogen (secondary N) is 1. The number of carbonyl (C=O) groups is 2. The summed E-state index contributed by atoms with van der Waals surface area (Å²) >= 11 is 6.07. The minimum atomic E-state index is -0.555.